The molecule has 0 saturated carbocycles. The monoisotopic (exact) mass is 284 g/mol. The highest BCUT2D eigenvalue weighted by Gasteiger charge is 2.30. The van der Waals surface area contributed by atoms with E-state index in [1.807, 2.05) is 0 Å². The predicted octanol–water partition coefficient (Wildman–Crippen LogP) is 2.34. The minimum atomic E-state index is -0.928. The number of nitrogens with zero attached hydrogens (tertiary/aromatic N) is 2. The molecule has 21 heavy (non-hydrogen) atoms. The number of carbonyl (C=O) groups is 1. The summed E-state index contributed by atoms with van der Waals surface area (Å²) in [6.07, 6.45) is 0. The van der Waals surface area contributed by atoms with Gasteiger partial charge in [-0.05, 0) is 12.1 Å². The Morgan fingerprint density at radius 1 is 1.00 bits per heavy atom. The van der Waals surface area contributed by atoms with Gasteiger partial charge in [0.05, 0.1) is 10.9 Å². The lowest BCUT2D eigenvalue weighted by Crippen LogP contribution is -2.26. The van der Waals surface area contributed by atoms with Crippen molar-refractivity contribution in [3.05, 3.63) is 63.9 Å². The minimum Gasteiger partial charge on any atom is -0.268 e. The van der Waals surface area contributed by atoms with E-state index in [1.54, 1.807) is 24.3 Å². The minimum absolute atomic E-state index is 0.0820. The van der Waals surface area contributed by atoms with Crippen molar-refractivity contribution in [2.45, 2.75) is 0 Å². The zero-order valence-corrected chi connectivity index (χ0v) is 10.4. The van der Waals surface area contributed by atoms with E-state index in [1.165, 1.54) is 0 Å². The summed E-state index contributed by atoms with van der Waals surface area (Å²) in [7, 11) is 0. The molecule has 0 saturated heterocycles. The molecule has 1 aromatic heterocycles. The summed E-state index contributed by atoms with van der Waals surface area (Å²) < 4.78 is 28.0. The number of benzene rings is 2. The van der Waals surface area contributed by atoms with E-state index >= 15 is 0 Å². The second-order valence-electron chi connectivity index (χ2n) is 4.71. The normalized spacial score (nSPS) is 12.6. The van der Waals surface area contributed by atoms with Crippen molar-refractivity contribution in [1.82, 2.24) is 9.55 Å². The number of rotatable bonds is 0. The fourth-order valence-electron chi connectivity index (χ4n) is 2.57. The summed E-state index contributed by atoms with van der Waals surface area (Å²) in [6, 6.07) is 8.09. The quantitative estimate of drug-likeness (QED) is 0.498. The van der Waals surface area contributed by atoms with Crippen molar-refractivity contribution < 1.29 is 13.6 Å². The van der Waals surface area contributed by atoms with Crippen LogP contribution >= 0.6 is 0 Å². The lowest BCUT2D eigenvalue weighted by atomic mass is 10.1. The first-order valence-corrected chi connectivity index (χ1v) is 6.14. The van der Waals surface area contributed by atoms with Gasteiger partial charge in [0.15, 0.2) is 11.6 Å². The number of carbonyl (C=O) groups excluding carboxylic acids is 1. The molecule has 1 aliphatic rings. The lowest BCUT2D eigenvalue weighted by Gasteiger charge is -2.05. The van der Waals surface area contributed by atoms with Crippen LogP contribution in [0.1, 0.15) is 10.4 Å². The van der Waals surface area contributed by atoms with Crippen molar-refractivity contribution in [1.29, 1.82) is 0 Å². The van der Waals surface area contributed by atoms with Crippen LogP contribution < -0.4 is 5.56 Å². The van der Waals surface area contributed by atoms with Gasteiger partial charge in [-0.25, -0.2) is 18.3 Å². The summed E-state index contributed by atoms with van der Waals surface area (Å²) in [5.41, 5.74) is -0.227. The number of hydrogen-bond acceptors (Lipinski definition) is 3. The molecule has 0 N–H and O–H groups in total. The first-order chi connectivity index (χ1) is 10.1. The first-order valence-electron chi connectivity index (χ1n) is 6.14. The van der Waals surface area contributed by atoms with E-state index in [-0.39, 0.29) is 16.7 Å². The van der Waals surface area contributed by atoms with Crippen molar-refractivity contribution in [2.75, 3.05) is 0 Å². The average Bonchev–Trinajstić information content (AvgIpc) is 2.75. The summed E-state index contributed by atoms with van der Waals surface area (Å²) in [6.45, 7) is 0. The Morgan fingerprint density at radius 2 is 1.71 bits per heavy atom. The van der Waals surface area contributed by atoms with Crippen LogP contribution in [-0.4, -0.2) is 15.5 Å². The molecule has 3 aromatic rings. The van der Waals surface area contributed by atoms with Crippen molar-refractivity contribution in [3.63, 3.8) is 0 Å². The van der Waals surface area contributed by atoms with E-state index in [0.29, 0.717) is 17.2 Å². The Hall–Kier alpha value is -2.89. The van der Waals surface area contributed by atoms with E-state index in [0.717, 1.165) is 10.6 Å². The van der Waals surface area contributed by atoms with Gasteiger partial charge >= 0.3 is 0 Å². The Labute approximate surface area is 116 Å². The fourth-order valence-corrected chi connectivity index (χ4v) is 2.57. The molecule has 4 rings (SSSR count). The van der Waals surface area contributed by atoms with Gasteiger partial charge in [-0.3, -0.25) is 9.59 Å². The highest BCUT2D eigenvalue weighted by molar-refractivity contribution is 6.09. The SMILES string of the molecule is O=C1c2ccccc2-c2nc3c(F)cc(F)cc3c(=O)n21. The van der Waals surface area contributed by atoms with Crippen molar-refractivity contribution in [2.24, 2.45) is 0 Å². The number of halogens is 2. The molecular formula is C15H6F2N2O2. The van der Waals surface area contributed by atoms with Crippen LogP contribution in [0.5, 0.6) is 0 Å². The predicted molar refractivity (Wildman–Crippen MR) is 71.1 cm³/mol. The third-order valence-electron chi connectivity index (χ3n) is 3.49. The Morgan fingerprint density at radius 3 is 2.48 bits per heavy atom. The average molecular weight is 284 g/mol. The van der Waals surface area contributed by atoms with Crippen LogP contribution in [0.3, 0.4) is 0 Å². The largest absolute Gasteiger partial charge is 0.268 e. The zero-order valence-electron chi connectivity index (χ0n) is 10.4. The molecule has 1 aliphatic heterocycles. The zero-order chi connectivity index (χ0) is 14.7. The topological polar surface area (TPSA) is 52.0 Å². The number of fused-ring (bicyclic) bond motifs is 4. The molecule has 0 radical (unpaired) electrons. The van der Waals surface area contributed by atoms with Crippen LogP contribution in [0.2, 0.25) is 0 Å². The Balaban J connectivity index is 2.22. The van der Waals surface area contributed by atoms with Gasteiger partial charge in [0, 0.05) is 11.6 Å². The second kappa shape index (κ2) is 3.82. The smallest absolute Gasteiger partial charge is 0.268 e. The summed E-state index contributed by atoms with van der Waals surface area (Å²) in [5.74, 6) is -2.27. The highest BCUT2D eigenvalue weighted by Crippen LogP contribution is 2.30. The van der Waals surface area contributed by atoms with Crippen LogP contribution in [0.25, 0.3) is 22.3 Å². The molecule has 4 nitrogen and oxygen atoms in total. The van der Waals surface area contributed by atoms with E-state index in [2.05, 4.69) is 4.98 Å². The van der Waals surface area contributed by atoms with E-state index in [4.69, 9.17) is 0 Å². The molecule has 0 bridgehead atoms. The molecule has 102 valence electrons. The maximum Gasteiger partial charge on any atom is 0.268 e. The standard InChI is InChI=1S/C15H6F2N2O2/c16-7-5-10-12(11(17)6-7)18-13-8-3-1-2-4-9(8)14(20)19(13)15(10)21/h1-6H. The van der Waals surface area contributed by atoms with Crippen molar-refractivity contribution >= 4 is 16.8 Å². The third kappa shape index (κ3) is 1.44. The second-order valence-corrected chi connectivity index (χ2v) is 4.71. The molecule has 0 atom stereocenters. The number of aromatic nitrogens is 2. The molecule has 0 amide bonds. The maximum atomic E-state index is 13.8. The molecule has 2 aromatic carbocycles. The maximum absolute atomic E-state index is 13.8. The van der Waals surface area contributed by atoms with Gasteiger partial charge in [0.2, 0.25) is 0 Å². The summed E-state index contributed by atoms with van der Waals surface area (Å²) in [4.78, 5) is 28.7. The molecule has 2 heterocycles. The van der Waals surface area contributed by atoms with Crippen molar-refractivity contribution in [3.8, 4) is 11.4 Å². The van der Waals surface area contributed by atoms with Gasteiger partial charge in [0.25, 0.3) is 11.5 Å². The summed E-state index contributed by atoms with van der Waals surface area (Å²) in [5, 5.41) is -0.252. The first kappa shape index (κ1) is 11.9. The molecular weight excluding hydrogens is 278 g/mol. The van der Waals surface area contributed by atoms with E-state index < -0.39 is 23.1 Å². The van der Waals surface area contributed by atoms with Crippen LogP contribution in [0, 0.1) is 11.6 Å². The lowest BCUT2D eigenvalue weighted by molar-refractivity contribution is 0.0965. The molecule has 6 heteroatoms. The summed E-state index contributed by atoms with van der Waals surface area (Å²) >= 11 is 0. The van der Waals surface area contributed by atoms with Gasteiger partial charge in [-0.15, -0.1) is 0 Å². The van der Waals surface area contributed by atoms with Crippen LogP contribution in [0.4, 0.5) is 8.78 Å². The molecule has 0 spiro atoms. The van der Waals surface area contributed by atoms with Gasteiger partial charge < -0.3 is 0 Å². The molecule has 0 aliphatic carbocycles. The molecule has 0 unspecified atom stereocenters. The van der Waals surface area contributed by atoms with Crippen LogP contribution in [-0.2, 0) is 0 Å². The third-order valence-corrected chi connectivity index (χ3v) is 3.49. The van der Waals surface area contributed by atoms with Crippen LogP contribution in [0.15, 0.2) is 41.2 Å². The Bertz CT molecular complexity index is 1010. The molecule has 0 fully saturated rings. The van der Waals surface area contributed by atoms with Gasteiger partial charge in [-0.1, -0.05) is 18.2 Å². The fraction of sp³-hybridized carbons (Fsp3) is 0. The Kier molecular flexibility index (Phi) is 2.16. The van der Waals surface area contributed by atoms with E-state index in [9.17, 15) is 18.4 Å². The number of hydrogen-bond donors (Lipinski definition) is 0. The van der Waals surface area contributed by atoms with Gasteiger partial charge in [-0.2, -0.15) is 0 Å². The van der Waals surface area contributed by atoms with Gasteiger partial charge in [0.1, 0.15) is 11.3 Å². The highest BCUT2D eigenvalue weighted by atomic mass is 19.1.